The molecule has 0 spiro atoms. The average molecular weight is 183 g/mol. The fourth-order valence-corrected chi connectivity index (χ4v) is 0.374. The highest BCUT2D eigenvalue weighted by molar-refractivity contribution is 5.86. The Bertz CT molecular complexity index is 176. The SMILES string of the molecule is C/C=C/C(=O)NOCC(F)(F)F. The lowest BCUT2D eigenvalue weighted by atomic mass is 10.5. The Hall–Kier alpha value is -1.04. The van der Waals surface area contributed by atoms with Gasteiger partial charge in [0.1, 0.15) is 0 Å². The minimum absolute atomic E-state index is 0.721. The Balaban J connectivity index is 3.51. The number of allylic oxidation sites excluding steroid dienone is 1. The van der Waals surface area contributed by atoms with E-state index in [1.165, 1.54) is 6.08 Å². The molecule has 0 aromatic rings. The molecule has 0 aliphatic carbocycles. The van der Waals surface area contributed by atoms with Crippen LogP contribution in [0.5, 0.6) is 0 Å². The van der Waals surface area contributed by atoms with Crippen molar-refractivity contribution in [1.29, 1.82) is 0 Å². The van der Waals surface area contributed by atoms with E-state index in [0.717, 1.165) is 6.08 Å². The predicted molar refractivity (Wildman–Crippen MR) is 35.0 cm³/mol. The van der Waals surface area contributed by atoms with Gasteiger partial charge in [-0.05, 0) is 6.92 Å². The summed E-state index contributed by atoms with van der Waals surface area (Å²) in [5.41, 5.74) is 1.59. The predicted octanol–water partition coefficient (Wildman–Crippen LogP) is 1.17. The summed E-state index contributed by atoms with van der Waals surface area (Å²) in [6, 6.07) is 0. The summed E-state index contributed by atoms with van der Waals surface area (Å²) >= 11 is 0. The van der Waals surface area contributed by atoms with Crippen molar-refractivity contribution in [2.45, 2.75) is 13.1 Å². The van der Waals surface area contributed by atoms with E-state index in [1.807, 2.05) is 0 Å². The first-order valence-corrected chi connectivity index (χ1v) is 3.07. The van der Waals surface area contributed by atoms with Crippen LogP contribution in [0.1, 0.15) is 6.92 Å². The number of hydroxylamine groups is 1. The lowest BCUT2D eigenvalue weighted by Crippen LogP contribution is -2.28. The van der Waals surface area contributed by atoms with Gasteiger partial charge in [-0.1, -0.05) is 6.08 Å². The second-order valence-electron chi connectivity index (χ2n) is 1.87. The Labute approximate surface area is 67.1 Å². The van der Waals surface area contributed by atoms with Gasteiger partial charge in [-0.2, -0.15) is 13.2 Å². The number of alkyl halides is 3. The summed E-state index contributed by atoms with van der Waals surface area (Å²) in [6.45, 7) is 0.0691. The highest BCUT2D eigenvalue weighted by Gasteiger charge is 2.28. The Kier molecular flexibility index (Phi) is 4.35. The van der Waals surface area contributed by atoms with Gasteiger partial charge in [-0.3, -0.25) is 9.63 Å². The van der Waals surface area contributed by atoms with Gasteiger partial charge in [0.05, 0.1) is 0 Å². The molecule has 6 heteroatoms. The molecule has 0 aliphatic rings. The van der Waals surface area contributed by atoms with Crippen LogP contribution in [0, 0.1) is 0 Å². The van der Waals surface area contributed by atoms with E-state index in [4.69, 9.17) is 0 Å². The largest absolute Gasteiger partial charge is 0.414 e. The molecule has 0 saturated heterocycles. The van der Waals surface area contributed by atoms with Crippen LogP contribution in [0.4, 0.5) is 13.2 Å². The summed E-state index contributed by atoms with van der Waals surface area (Å²) in [5.74, 6) is -0.721. The number of amides is 1. The molecule has 70 valence electrons. The summed E-state index contributed by atoms with van der Waals surface area (Å²) in [7, 11) is 0. The van der Waals surface area contributed by atoms with Crippen molar-refractivity contribution in [2.75, 3.05) is 6.61 Å². The van der Waals surface area contributed by atoms with Crippen LogP contribution in [0.25, 0.3) is 0 Å². The maximum atomic E-state index is 11.4. The maximum absolute atomic E-state index is 11.4. The third-order valence-electron chi connectivity index (χ3n) is 0.727. The molecule has 1 N–H and O–H groups in total. The number of nitrogens with one attached hydrogen (secondary N) is 1. The normalized spacial score (nSPS) is 12.0. The summed E-state index contributed by atoms with van der Waals surface area (Å²) < 4.78 is 34.2. The van der Waals surface area contributed by atoms with Crippen molar-refractivity contribution in [2.24, 2.45) is 0 Å². The highest BCUT2D eigenvalue weighted by Crippen LogP contribution is 2.13. The molecule has 0 aromatic heterocycles. The molecule has 12 heavy (non-hydrogen) atoms. The van der Waals surface area contributed by atoms with E-state index in [1.54, 1.807) is 12.4 Å². The van der Waals surface area contributed by atoms with Gasteiger partial charge < -0.3 is 0 Å². The lowest BCUT2D eigenvalue weighted by Gasteiger charge is -2.05. The average Bonchev–Trinajstić information content (AvgIpc) is 1.84. The second-order valence-corrected chi connectivity index (χ2v) is 1.87. The van der Waals surface area contributed by atoms with Gasteiger partial charge in [0, 0.05) is 6.08 Å². The number of carbonyl (C=O) groups is 1. The van der Waals surface area contributed by atoms with Crippen molar-refractivity contribution < 1.29 is 22.8 Å². The molecule has 0 radical (unpaired) electrons. The first kappa shape index (κ1) is 11.0. The van der Waals surface area contributed by atoms with E-state index in [9.17, 15) is 18.0 Å². The van der Waals surface area contributed by atoms with Crippen LogP contribution < -0.4 is 5.48 Å². The Morgan fingerprint density at radius 1 is 1.58 bits per heavy atom. The van der Waals surface area contributed by atoms with Crippen molar-refractivity contribution in [1.82, 2.24) is 5.48 Å². The topological polar surface area (TPSA) is 38.3 Å². The number of rotatable bonds is 3. The van der Waals surface area contributed by atoms with Crippen LogP contribution in [0.2, 0.25) is 0 Å². The van der Waals surface area contributed by atoms with Crippen LogP contribution in [0.3, 0.4) is 0 Å². The fraction of sp³-hybridized carbons (Fsp3) is 0.500. The summed E-state index contributed by atoms with van der Waals surface area (Å²) in [4.78, 5) is 14.3. The number of hydrogen-bond acceptors (Lipinski definition) is 2. The van der Waals surface area contributed by atoms with Crippen LogP contribution in [0.15, 0.2) is 12.2 Å². The Morgan fingerprint density at radius 2 is 2.17 bits per heavy atom. The second kappa shape index (κ2) is 4.76. The zero-order valence-corrected chi connectivity index (χ0v) is 6.31. The quantitative estimate of drug-likeness (QED) is 0.527. The molecule has 1 amide bonds. The molecule has 0 atom stereocenters. The minimum Gasteiger partial charge on any atom is -0.268 e. The first-order valence-electron chi connectivity index (χ1n) is 3.07. The smallest absolute Gasteiger partial charge is 0.268 e. The van der Waals surface area contributed by atoms with E-state index >= 15 is 0 Å². The number of carbonyl (C=O) groups excluding carboxylic acids is 1. The van der Waals surface area contributed by atoms with Crippen LogP contribution in [-0.2, 0) is 9.63 Å². The molecule has 0 fully saturated rings. The van der Waals surface area contributed by atoms with E-state index in [2.05, 4.69) is 4.84 Å². The molecule has 0 unspecified atom stereocenters. The van der Waals surface area contributed by atoms with E-state index < -0.39 is 18.7 Å². The zero-order chi connectivity index (χ0) is 9.61. The molecular weight excluding hydrogens is 175 g/mol. The van der Waals surface area contributed by atoms with Gasteiger partial charge in [-0.15, -0.1) is 0 Å². The Morgan fingerprint density at radius 3 is 2.58 bits per heavy atom. The first-order chi connectivity index (χ1) is 5.45. The fourth-order valence-electron chi connectivity index (χ4n) is 0.374. The maximum Gasteiger partial charge on any atom is 0.414 e. The van der Waals surface area contributed by atoms with Gasteiger partial charge in [0.15, 0.2) is 6.61 Å². The van der Waals surface area contributed by atoms with E-state index in [0.29, 0.717) is 0 Å². The van der Waals surface area contributed by atoms with Crippen molar-refractivity contribution in [3.63, 3.8) is 0 Å². The standard InChI is InChI=1S/C6H8F3NO2/c1-2-3-5(11)10-12-4-6(7,8)9/h2-3H,4H2,1H3,(H,10,11)/b3-2+. The number of hydrogen-bond donors (Lipinski definition) is 1. The third-order valence-corrected chi connectivity index (χ3v) is 0.727. The van der Waals surface area contributed by atoms with Crippen molar-refractivity contribution in [3.8, 4) is 0 Å². The molecule has 0 aliphatic heterocycles. The summed E-state index contributed by atoms with van der Waals surface area (Å²) in [6.07, 6.45) is -1.99. The zero-order valence-electron chi connectivity index (χ0n) is 6.31. The van der Waals surface area contributed by atoms with Crippen LogP contribution >= 0.6 is 0 Å². The molecule has 3 nitrogen and oxygen atoms in total. The molecule has 0 rings (SSSR count). The molecule has 0 heterocycles. The highest BCUT2D eigenvalue weighted by atomic mass is 19.4. The van der Waals surface area contributed by atoms with Gasteiger partial charge in [0.25, 0.3) is 5.91 Å². The van der Waals surface area contributed by atoms with Crippen molar-refractivity contribution in [3.05, 3.63) is 12.2 Å². The third kappa shape index (κ3) is 7.07. The van der Waals surface area contributed by atoms with Gasteiger partial charge in [0.2, 0.25) is 0 Å². The molecule has 0 bridgehead atoms. The van der Waals surface area contributed by atoms with Gasteiger partial charge in [-0.25, -0.2) is 5.48 Å². The molecule has 0 aromatic carbocycles. The number of halogens is 3. The lowest BCUT2D eigenvalue weighted by molar-refractivity contribution is -0.190. The van der Waals surface area contributed by atoms with E-state index in [-0.39, 0.29) is 0 Å². The molecule has 0 saturated carbocycles. The minimum atomic E-state index is -4.43. The molecular formula is C6H8F3NO2. The monoisotopic (exact) mass is 183 g/mol. The van der Waals surface area contributed by atoms with Crippen molar-refractivity contribution >= 4 is 5.91 Å². The van der Waals surface area contributed by atoms with Gasteiger partial charge >= 0.3 is 6.18 Å². The van der Waals surface area contributed by atoms with Crippen LogP contribution in [-0.4, -0.2) is 18.7 Å². The summed E-state index contributed by atoms with van der Waals surface area (Å²) in [5, 5.41) is 0.